The van der Waals surface area contributed by atoms with Crippen molar-refractivity contribution in [3.63, 3.8) is 0 Å². The smallest absolute Gasteiger partial charge is 0.411 e. The fourth-order valence-corrected chi connectivity index (χ4v) is 2.87. The van der Waals surface area contributed by atoms with Crippen molar-refractivity contribution < 1.29 is 14.3 Å². The molecule has 2 rings (SSSR count). The van der Waals surface area contributed by atoms with Crippen LogP contribution in [0.5, 0.6) is 0 Å². The molecule has 0 atom stereocenters. The summed E-state index contributed by atoms with van der Waals surface area (Å²) in [6, 6.07) is 8.39. The third kappa shape index (κ3) is 3.32. The van der Waals surface area contributed by atoms with Crippen molar-refractivity contribution in [2.24, 2.45) is 0 Å². The molecule has 1 aromatic carbocycles. The van der Waals surface area contributed by atoms with Crippen LogP contribution in [0.15, 0.2) is 30.3 Å². The van der Waals surface area contributed by atoms with Gasteiger partial charge in [-0.2, -0.15) is 0 Å². The van der Waals surface area contributed by atoms with E-state index < -0.39 is 6.09 Å². The number of nitrogens with two attached hydrogens (primary N) is 1. The maximum Gasteiger partial charge on any atom is 0.411 e. The summed E-state index contributed by atoms with van der Waals surface area (Å²) in [5, 5.41) is 2.90. The van der Waals surface area contributed by atoms with Gasteiger partial charge in [0.05, 0.1) is 28.4 Å². The van der Waals surface area contributed by atoms with Gasteiger partial charge in [-0.3, -0.25) is 10.1 Å². The fourth-order valence-electron chi connectivity index (χ4n) is 1.86. The molecule has 3 N–H and O–H groups in total. The Morgan fingerprint density at radius 2 is 2.05 bits per heavy atom. The van der Waals surface area contributed by atoms with E-state index in [1.807, 2.05) is 0 Å². The van der Waals surface area contributed by atoms with E-state index in [4.69, 9.17) is 17.3 Å². The van der Waals surface area contributed by atoms with Crippen LogP contribution in [0, 0.1) is 0 Å². The van der Waals surface area contributed by atoms with Crippen molar-refractivity contribution in [2.45, 2.75) is 0 Å². The van der Waals surface area contributed by atoms with Crippen molar-refractivity contribution in [3.05, 3.63) is 40.2 Å². The highest BCUT2D eigenvalue weighted by molar-refractivity contribution is 7.20. The maximum atomic E-state index is 12.5. The zero-order valence-electron chi connectivity index (χ0n) is 11.9. The number of hydrogen-bond acceptors (Lipinski definition) is 5. The first kappa shape index (κ1) is 16.1. The average molecular weight is 340 g/mol. The minimum atomic E-state index is -0.619. The molecule has 0 saturated carbocycles. The van der Waals surface area contributed by atoms with Gasteiger partial charge in [0.1, 0.15) is 5.00 Å². The lowest BCUT2D eigenvalue weighted by atomic mass is 10.2. The van der Waals surface area contributed by atoms with Gasteiger partial charge in [-0.1, -0.05) is 23.7 Å². The summed E-state index contributed by atoms with van der Waals surface area (Å²) in [5.41, 5.74) is 7.08. The van der Waals surface area contributed by atoms with Gasteiger partial charge >= 0.3 is 6.09 Å². The van der Waals surface area contributed by atoms with E-state index >= 15 is 0 Å². The molecule has 22 heavy (non-hydrogen) atoms. The number of ether oxygens (including phenoxy) is 1. The number of amides is 2. The number of nitrogens with one attached hydrogen (secondary N) is 1. The van der Waals surface area contributed by atoms with E-state index in [0.717, 1.165) is 11.3 Å². The second-order valence-electron chi connectivity index (χ2n) is 4.33. The molecule has 1 heterocycles. The number of carbonyl (C=O) groups excluding carboxylic acids is 2. The lowest BCUT2D eigenvalue weighted by molar-refractivity contribution is 0.0994. The Bertz CT molecular complexity index is 717. The molecule has 2 amide bonds. The first-order chi connectivity index (χ1) is 10.4. The first-order valence-electron chi connectivity index (χ1n) is 6.21. The molecule has 0 bridgehead atoms. The van der Waals surface area contributed by atoms with Crippen LogP contribution >= 0.6 is 22.9 Å². The van der Waals surface area contributed by atoms with Gasteiger partial charge in [-0.05, 0) is 18.2 Å². The lowest BCUT2D eigenvalue weighted by Crippen LogP contribution is -2.27. The van der Waals surface area contributed by atoms with Crippen LogP contribution < -0.4 is 16.0 Å². The van der Waals surface area contributed by atoms with Crippen molar-refractivity contribution in [1.29, 1.82) is 0 Å². The van der Waals surface area contributed by atoms with Crippen LogP contribution in [0.25, 0.3) is 0 Å². The molecule has 0 aliphatic rings. The van der Waals surface area contributed by atoms with Gasteiger partial charge in [0.15, 0.2) is 0 Å². The van der Waals surface area contributed by atoms with E-state index in [0.29, 0.717) is 26.3 Å². The molecule has 0 fully saturated rings. The fraction of sp³-hybridized carbons (Fsp3) is 0.143. The minimum Gasteiger partial charge on any atom is -0.453 e. The molecule has 0 aliphatic heterocycles. The van der Waals surface area contributed by atoms with Crippen LogP contribution in [0.4, 0.5) is 21.2 Å². The summed E-state index contributed by atoms with van der Waals surface area (Å²) in [5.74, 6) is -0.320. The number of nitrogen functional groups attached to an aromatic ring is 1. The van der Waals surface area contributed by atoms with Crippen molar-refractivity contribution in [1.82, 2.24) is 0 Å². The number of para-hydroxylation sites is 2. The van der Waals surface area contributed by atoms with Crippen LogP contribution in [-0.2, 0) is 4.74 Å². The minimum absolute atomic E-state index is 0.320. The largest absolute Gasteiger partial charge is 0.453 e. The monoisotopic (exact) mass is 339 g/mol. The molecule has 0 unspecified atom stereocenters. The van der Waals surface area contributed by atoms with E-state index in [1.54, 1.807) is 31.3 Å². The van der Waals surface area contributed by atoms with E-state index in [-0.39, 0.29) is 5.91 Å². The Labute approximate surface area is 136 Å². The normalized spacial score (nSPS) is 10.1. The van der Waals surface area contributed by atoms with E-state index in [9.17, 15) is 9.59 Å². The van der Waals surface area contributed by atoms with Crippen LogP contribution in [0.1, 0.15) is 10.4 Å². The molecule has 0 radical (unpaired) electrons. The Hall–Kier alpha value is -2.25. The number of nitrogens with zero attached hydrogens (tertiary/aromatic N) is 1. The molecule has 1 aromatic heterocycles. The van der Waals surface area contributed by atoms with Crippen molar-refractivity contribution >= 4 is 51.3 Å². The number of methoxy groups -OCH3 is 1. The summed E-state index contributed by atoms with van der Waals surface area (Å²) >= 11 is 7.01. The van der Waals surface area contributed by atoms with E-state index in [1.165, 1.54) is 18.1 Å². The number of halogens is 1. The Morgan fingerprint density at radius 3 is 2.64 bits per heavy atom. The lowest BCUT2D eigenvalue weighted by Gasteiger charge is -2.20. The summed E-state index contributed by atoms with van der Waals surface area (Å²) in [4.78, 5) is 25.3. The van der Waals surface area contributed by atoms with E-state index in [2.05, 4.69) is 10.1 Å². The predicted octanol–water partition coefficient (Wildman–Crippen LogP) is 3.44. The SMILES string of the molecule is COC(=O)Nc1ccccc1N(C)C(=O)c1cc(Cl)sc1N. The molecule has 116 valence electrons. The topological polar surface area (TPSA) is 84.7 Å². The van der Waals surface area contributed by atoms with Gasteiger partial charge in [0, 0.05) is 7.05 Å². The highest BCUT2D eigenvalue weighted by atomic mass is 35.5. The number of hydrogen-bond donors (Lipinski definition) is 2. The predicted molar refractivity (Wildman–Crippen MR) is 88.9 cm³/mol. The second kappa shape index (κ2) is 6.67. The molecular formula is C14H14ClN3O3S. The third-order valence-electron chi connectivity index (χ3n) is 2.95. The molecular weight excluding hydrogens is 326 g/mol. The molecule has 0 aliphatic carbocycles. The average Bonchev–Trinajstić information content (AvgIpc) is 2.84. The molecule has 2 aromatic rings. The highest BCUT2D eigenvalue weighted by Gasteiger charge is 2.21. The van der Waals surface area contributed by atoms with Crippen LogP contribution in [0.2, 0.25) is 4.34 Å². The molecule has 0 spiro atoms. The first-order valence-corrected chi connectivity index (χ1v) is 7.40. The number of benzene rings is 1. The van der Waals surface area contributed by atoms with Crippen LogP contribution in [0.3, 0.4) is 0 Å². The Kier molecular flexibility index (Phi) is 4.89. The maximum absolute atomic E-state index is 12.5. The standard InChI is InChI=1S/C14H14ClN3O3S/c1-18(13(19)8-7-11(15)22-12(8)16)10-6-4-3-5-9(10)17-14(20)21-2/h3-7H,16H2,1-2H3,(H,17,20). The van der Waals surface area contributed by atoms with Gasteiger partial charge in [0.25, 0.3) is 5.91 Å². The van der Waals surface area contributed by atoms with Gasteiger partial charge in [-0.15, -0.1) is 11.3 Å². The second-order valence-corrected chi connectivity index (χ2v) is 6.04. The van der Waals surface area contributed by atoms with Crippen molar-refractivity contribution in [2.75, 3.05) is 30.1 Å². The summed E-state index contributed by atoms with van der Waals surface area (Å²) < 4.78 is 5.01. The highest BCUT2D eigenvalue weighted by Crippen LogP contribution is 2.32. The molecule has 0 saturated heterocycles. The van der Waals surface area contributed by atoms with Crippen molar-refractivity contribution in [3.8, 4) is 0 Å². The summed E-state index contributed by atoms with van der Waals surface area (Å²) in [6.45, 7) is 0. The molecule has 6 nitrogen and oxygen atoms in total. The van der Waals surface area contributed by atoms with Crippen LogP contribution in [-0.4, -0.2) is 26.2 Å². The van der Waals surface area contributed by atoms with Gasteiger partial charge in [-0.25, -0.2) is 4.79 Å². The number of thiophene rings is 1. The molecule has 8 heteroatoms. The summed E-state index contributed by atoms with van der Waals surface area (Å²) in [7, 11) is 2.85. The van der Waals surface area contributed by atoms with Gasteiger partial charge in [0.2, 0.25) is 0 Å². The quantitative estimate of drug-likeness (QED) is 0.897. The zero-order valence-corrected chi connectivity index (χ0v) is 13.5. The van der Waals surface area contributed by atoms with Gasteiger partial charge < -0.3 is 15.4 Å². The summed E-state index contributed by atoms with van der Waals surface area (Å²) in [6.07, 6.45) is -0.619. The number of rotatable bonds is 3. The Morgan fingerprint density at radius 1 is 1.36 bits per heavy atom. The Balaban J connectivity index is 2.33. The third-order valence-corrected chi connectivity index (χ3v) is 4.05. The zero-order chi connectivity index (χ0) is 16.3. The number of anilines is 3. The number of carbonyl (C=O) groups is 2.